The molecule has 0 saturated carbocycles. The van der Waals surface area contributed by atoms with Crippen LogP contribution in [-0.2, 0) is 13.0 Å². The molecule has 0 amide bonds. The van der Waals surface area contributed by atoms with Gasteiger partial charge in [-0.05, 0) is 31.0 Å². The van der Waals surface area contributed by atoms with Gasteiger partial charge in [0.05, 0.1) is 11.9 Å². The molecule has 0 aliphatic carbocycles. The van der Waals surface area contributed by atoms with E-state index in [4.69, 9.17) is 5.11 Å². The molecule has 1 N–H and O–H groups in total. The minimum Gasteiger partial charge on any atom is -0.478 e. The van der Waals surface area contributed by atoms with Crippen LogP contribution < -0.4 is 0 Å². The lowest BCUT2D eigenvalue weighted by atomic mass is 10.1. The van der Waals surface area contributed by atoms with E-state index in [0.29, 0.717) is 5.56 Å². The summed E-state index contributed by atoms with van der Waals surface area (Å²) >= 11 is 0. The van der Waals surface area contributed by atoms with Crippen LogP contribution in [0.3, 0.4) is 0 Å². The van der Waals surface area contributed by atoms with Crippen molar-refractivity contribution in [2.45, 2.75) is 19.9 Å². The quantitative estimate of drug-likeness (QED) is 0.875. The molecule has 1 heterocycles. The fourth-order valence-corrected chi connectivity index (χ4v) is 1.68. The van der Waals surface area contributed by atoms with Crippen LogP contribution >= 0.6 is 0 Å². The second kappa shape index (κ2) is 4.82. The Hall–Kier alpha value is -2.10. The molecule has 0 radical (unpaired) electrons. The van der Waals surface area contributed by atoms with Crippen molar-refractivity contribution in [2.75, 3.05) is 0 Å². The summed E-state index contributed by atoms with van der Waals surface area (Å²) in [4.78, 5) is 14.7. The van der Waals surface area contributed by atoms with Gasteiger partial charge in [0.2, 0.25) is 0 Å². The summed E-state index contributed by atoms with van der Waals surface area (Å²) in [6.45, 7) is 2.87. The highest BCUT2D eigenvalue weighted by molar-refractivity contribution is 5.87. The molecule has 1 aromatic carbocycles. The van der Waals surface area contributed by atoms with Crippen molar-refractivity contribution in [1.82, 2.24) is 9.55 Å². The summed E-state index contributed by atoms with van der Waals surface area (Å²) in [6, 6.07) is 6.99. The highest BCUT2D eigenvalue weighted by Gasteiger charge is 2.02. The normalized spacial score (nSPS) is 10.4. The van der Waals surface area contributed by atoms with Crippen molar-refractivity contribution in [3.63, 3.8) is 0 Å². The molecule has 2 aromatic rings. The molecule has 2 rings (SSSR count). The molecule has 0 unspecified atom stereocenters. The first kappa shape index (κ1) is 11.4. The Kier molecular flexibility index (Phi) is 3.23. The molecule has 0 bridgehead atoms. The number of carboxylic acid groups (broad SMARTS) is 1. The second-order valence-electron chi connectivity index (χ2n) is 3.98. The molecule has 0 fully saturated rings. The summed E-state index contributed by atoms with van der Waals surface area (Å²) in [6.07, 6.45) is 4.51. The van der Waals surface area contributed by atoms with Gasteiger partial charge in [0, 0.05) is 18.4 Å². The maximum atomic E-state index is 10.7. The smallest absolute Gasteiger partial charge is 0.335 e. The molecule has 0 atom stereocenters. The third-order valence-electron chi connectivity index (χ3n) is 2.76. The van der Waals surface area contributed by atoms with Crippen molar-refractivity contribution >= 4 is 5.97 Å². The molecular formula is C13H14N2O2. The van der Waals surface area contributed by atoms with Crippen LogP contribution in [0, 0.1) is 6.92 Å². The van der Waals surface area contributed by atoms with Gasteiger partial charge in [-0.15, -0.1) is 0 Å². The van der Waals surface area contributed by atoms with Crippen LogP contribution in [0.25, 0.3) is 0 Å². The SMILES string of the molecule is Cc1cncn1CCc1ccc(C(=O)O)cc1. The Bertz CT molecular complexity index is 514. The third-order valence-corrected chi connectivity index (χ3v) is 2.76. The zero-order valence-electron chi connectivity index (χ0n) is 9.63. The minimum absolute atomic E-state index is 0.326. The number of hydrogen-bond acceptors (Lipinski definition) is 2. The Balaban J connectivity index is 2.00. The van der Waals surface area contributed by atoms with Crippen LogP contribution in [0.15, 0.2) is 36.8 Å². The zero-order chi connectivity index (χ0) is 12.3. The number of aromatic carboxylic acids is 1. The monoisotopic (exact) mass is 230 g/mol. The number of aromatic nitrogens is 2. The van der Waals surface area contributed by atoms with Crippen molar-refractivity contribution in [2.24, 2.45) is 0 Å². The first-order valence-corrected chi connectivity index (χ1v) is 5.46. The van der Waals surface area contributed by atoms with E-state index < -0.39 is 5.97 Å². The molecule has 0 saturated heterocycles. The van der Waals surface area contributed by atoms with Gasteiger partial charge >= 0.3 is 5.97 Å². The van der Waals surface area contributed by atoms with Gasteiger partial charge in [-0.3, -0.25) is 0 Å². The van der Waals surface area contributed by atoms with E-state index in [-0.39, 0.29) is 0 Å². The lowest BCUT2D eigenvalue weighted by Crippen LogP contribution is -2.02. The number of nitrogens with zero attached hydrogens (tertiary/aromatic N) is 2. The van der Waals surface area contributed by atoms with E-state index in [1.807, 2.05) is 25.3 Å². The number of imidazole rings is 1. The van der Waals surface area contributed by atoms with Gasteiger partial charge < -0.3 is 9.67 Å². The number of benzene rings is 1. The topological polar surface area (TPSA) is 55.1 Å². The van der Waals surface area contributed by atoms with Gasteiger partial charge in [0.15, 0.2) is 0 Å². The number of hydrogen-bond donors (Lipinski definition) is 1. The van der Waals surface area contributed by atoms with Gasteiger partial charge in [0.25, 0.3) is 0 Å². The van der Waals surface area contributed by atoms with Crippen molar-refractivity contribution in [3.8, 4) is 0 Å². The molecule has 4 heteroatoms. The Morgan fingerprint density at radius 1 is 1.35 bits per heavy atom. The number of carboxylic acids is 1. The van der Waals surface area contributed by atoms with Gasteiger partial charge in [0.1, 0.15) is 0 Å². The predicted octanol–water partition coefficient (Wildman–Crippen LogP) is 2.13. The number of aryl methyl sites for hydroxylation is 3. The van der Waals surface area contributed by atoms with Gasteiger partial charge in [-0.25, -0.2) is 9.78 Å². The fourth-order valence-electron chi connectivity index (χ4n) is 1.68. The molecular weight excluding hydrogens is 216 g/mol. The number of rotatable bonds is 4. The third kappa shape index (κ3) is 2.72. The van der Waals surface area contributed by atoms with Crippen molar-refractivity contribution < 1.29 is 9.90 Å². The van der Waals surface area contributed by atoms with Gasteiger partial charge in [-0.1, -0.05) is 12.1 Å². The maximum absolute atomic E-state index is 10.7. The molecule has 0 aliphatic heterocycles. The Morgan fingerprint density at radius 2 is 2.06 bits per heavy atom. The van der Waals surface area contributed by atoms with E-state index >= 15 is 0 Å². The predicted molar refractivity (Wildman–Crippen MR) is 64.1 cm³/mol. The molecule has 0 spiro atoms. The van der Waals surface area contributed by atoms with Crippen LogP contribution in [0.4, 0.5) is 0 Å². The fraction of sp³-hybridized carbons (Fsp3) is 0.231. The summed E-state index contributed by atoms with van der Waals surface area (Å²) in [5, 5.41) is 8.78. The highest BCUT2D eigenvalue weighted by Crippen LogP contribution is 2.07. The number of carbonyl (C=O) groups is 1. The lowest BCUT2D eigenvalue weighted by Gasteiger charge is -2.05. The largest absolute Gasteiger partial charge is 0.478 e. The summed E-state index contributed by atoms with van der Waals surface area (Å²) in [5.41, 5.74) is 2.59. The molecule has 17 heavy (non-hydrogen) atoms. The summed E-state index contributed by atoms with van der Waals surface area (Å²) in [5.74, 6) is -0.887. The standard InChI is InChI=1S/C13H14N2O2/c1-10-8-14-9-15(10)7-6-11-2-4-12(5-3-11)13(16)17/h2-5,8-9H,6-7H2,1H3,(H,16,17). The lowest BCUT2D eigenvalue weighted by molar-refractivity contribution is 0.0697. The highest BCUT2D eigenvalue weighted by atomic mass is 16.4. The molecule has 1 aromatic heterocycles. The first-order chi connectivity index (χ1) is 8.16. The van der Waals surface area contributed by atoms with Crippen molar-refractivity contribution in [3.05, 3.63) is 53.6 Å². The van der Waals surface area contributed by atoms with Crippen LogP contribution in [0.1, 0.15) is 21.6 Å². The Labute approximate surface area is 99.5 Å². The summed E-state index contributed by atoms with van der Waals surface area (Å²) < 4.78 is 2.07. The molecule has 4 nitrogen and oxygen atoms in total. The van der Waals surface area contributed by atoms with E-state index in [1.165, 1.54) is 0 Å². The van der Waals surface area contributed by atoms with E-state index in [9.17, 15) is 4.79 Å². The van der Waals surface area contributed by atoms with E-state index in [2.05, 4.69) is 9.55 Å². The second-order valence-corrected chi connectivity index (χ2v) is 3.98. The van der Waals surface area contributed by atoms with Crippen LogP contribution in [0.5, 0.6) is 0 Å². The molecule has 0 aliphatic rings. The maximum Gasteiger partial charge on any atom is 0.335 e. The first-order valence-electron chi connectivity index (χ1n) is 5.46. The Morgan fingerprint density at radius 3 is 2.59 bits per heavy atom. The average molecular weight is 230 g/mol. The van der Waals surface area contributed by atoms with E-state index in [1.54, 1.807) is 18.5 Å². The zero-order valence-corrected chi connectivity index (χ0v) is 9.63. The summed E-state index contributed by atoms with van der Waals surface area (Å²) in [7, 11) is 0. The van der Waals surface area contributed by atoms with Crippen LogP contribution in [-0.4, -0.2) is 20.6 Å². The minimum atomic E-state index is -0.887. The average Bonchev–Trinajstić information content (AvgIpc) is 2.73. The van der Waals surface area contributed by atoms with E-state index in [0.717, 1.165) is 24.2 Å². The van der Waals surface area contributed by atoms with Gasteiger partial charge in [-0.2, -0.15) is 0 Å². The van der Waals surface area contributed by atoms with Crippen molar-refractivity contribution in [1.29, 1.82) is 0 Å². The van der Waals surface area contributed by atoms with Crippen LogP contribution in [0.2, 0.25) is 0 Å². The molecule has 88 valence electrons.